The molecule has 1 atom stereocenters. The number of carboxylic acids is 1. The predicted molar refractivity (Wildman–Crippen MR) is 108 cm³/mol. The molecule has 7 heteroatoms. The van der Waals surface area contributed by atoms with Crippen molar-refractivity contribution < 1.29 is 24.3 Å². The minimum Gasteiger partial charge on any atom is -0.479 e. The van der Waals surface area contributed by atoms with Crippen LogP contribution >= 0.6 is 19.2 Å². The molecule has 5 nitrogen and oxygen atoms in total. The highest BCUT2D eigenvalue weighted by molar-refractivity contribution is 7.57. The highest BCUT2D eigenvalue weighted by atomic mass is 35.5. The summed E-state index contributed by atoms with van der Waals surface area (Å²) in [6.45, 7) is 8.32. The number of hydrogen-bond donors (Lipinski definition) is 3. The van der Waals surface area contributed by atoms with Gasteiger partial charge in [-0.2, -0.15) is 0 Å². The molecule has 1 unspecified atom stereocenters. The average molecular weight is 407 g/mol. The molecule has 0 spiro atoms. The van der Waals surface area contributed by atoms with Gasteiger partial charge < -0.3 is 14.9 Å². The highest BCUT2D eigenvalue weighted by Gasteiger charge is 2.51. The Bertz CT molecular complexity index is 599. The molecule has 0 aromatic carbocycles. The lowest BCUT2D eigenvalue weighted by molar-refractivity contribution is -0.138. The molecule has 0 aliphatic carbocycles. The number of carboxylic acid groups (broad SMARTS) is 1. The molecule has 0 radical (unpaired) electrons. The molecule has 3 N–H and O–H groups in total. The van der Waals surface area contributed by atoms with E-state index in [0.717, 1.165) is 25.7 Å². The van der Waals surface area contributed by atoms with E-state index < -0.39 is 18.2 Å². The van der Waals surface area contributed by atoms with Crippen molar-refractivity contribution in [2.75, 3.05) is 0 Å². The highest BCUT2D eigenvalue weighted by Crippen LogP contribution is 2.56. The minimum atomic E-state index is -4.92. The van der Waals surface area contributed by atoms with E-state index in [1.54, 1.807) is 0 Å². The Morgan fingerprint density at radius 1 is 0.962 bits per heavy atom. The first-order chi connectivity index (χ1) is 11.9. The van der Waals surface area contributed by atoms with Crippen molar-refractivity contribution in [3.63, 3.8) is 0 Å². The monoisotopic (exact) mass is 406 g/mol. The lowest BCUT2D eigenvalue weighted by atomic mass is 10.0. The second-order valence-electron chi connectivity index (χ2n) is 6.96. The first-order valence-electron chi connectivity index (χ1n) is 8.82. The van der Waals surface area contributed by atoms with E-state index >= 15 is 0 Å². The lowest BCUT2D eigenvalue weighted by Gasteiger charge is -2.22. The lowest BCUT2D eigenvalue weighted by Crippen LogP contribution is -2.32. The van der Waals surface area contributed by atoms with E-state index in [9.17, 15) is 9.36 Å². The van der Waals surface area contributed by atoms with Crippen molar-refractivity contribution >= 4 is 25.2 Å². The van der Waals surface area contributed by atoms with Crippen LogP contribution in [0.5, 0.6) is 0 Å². The van der Waals surface area contributed by atoms with Crippen molar-refractivity contribution in [1.29, 1.82) is 0 Å². The van der Waals surface area contributed by atoms with Gasteiger partial charge in [0.25, 0.3) is 0 Å². The van der Waals surface area contributed by atoms with Gasteiger partial charge in [-0.25, -0.2) is 4.79 Å². The van der Waals surface area contributed by atoms with Gasteiger partial charge in [0.1, 0.15) is 0 Å². The predicted octanol–water partition coefficient (Wildman–Crippen LogP) is 5.77. The molecule has 0 saturated heterocycles. The van der Waals surface area contributed by atoms with Crippen molar-refractivity contribution in [2.24, 2.45) is 0 Å². The van der Waals surface area contributed by atoms with Gasteiger partial charge in [-0.15, -0.1) is 0 Å². The van der Waals surface area contributed by atoms with Crippen LogP contribution in [0.2, 0.25) is 0 Å². The van der Waals surface area contributed by atoms with E-state index in [0.29, 0.717) is 12.8 Å². The number of carbonyl (C=O) groups is 1. The molecule has 0 saturated carbocycles. The van der Waals surface area contributed by atoms with Gasteiger partial charge in [0, 0.05) is 0 Å². The van der Waals surface area contributed by atoms with Gasteiger partial charge in [0.15, 0.2) is 0 Å². The second-order valence-corrected chi connectivity index (χ2v) is 9.72. The average Bonchev–Trinajstić information content (AvgIpc) is 2.49. The Hall–Kier alpha value is -0.870. The molecule has 0 fully saturated rings. The maximum Gasteiger partial charge on any atom is 0.357 e. The Morgan fingerprint density at radius 2 is 1.42 bits per heavy atom. The van der Waals surface area contributed by atoms with Crippen molar-refractivity contribution in [1.82, 2.24) is 0 Å². The summed E-state index contributed by atoms with van der Waals surface area (Å²) in [5.74, 6) is -1.68. The van der Waals surface area contributed by atoms with Gasteiger partial charge in [0.05, 0.1) is 0 Å². The molecular weight excluding hydrogens is 375 g/mol. The quantitative estimate of drug-likeness (QED) is 0.165. The van der Waals surface area contributed by atoms with Crippen LogP contribution in [0.15, 0.2) is 34.9 Å². The standard InChI is InChI=1S/C19H32ClO5P/c1-15(2)9-7-11-17(4)13-8-12-16(3)10-5-6-14-19(20,18(21)22)26(23,24)25/h9-10,13H,5-8,11-12,14H2,1-4H3,(H,21,22)(H2,23,24,25)/b16-10+,17-13+. The summed E-state index contributed by atoms with van der Waals surface area (Å²) in [6.07, 6.45) is 11.0. The third-order valence-electron chi connectivity index (χ3n) is 4.12. The van der Waals surface area contributed by atoms with Gasteiger partial charge in [-0.05, 0) is 72.6 Å². The number of aliphatic carboxylic acids is 1. The third kappa shape index (κ3) is 9.72. The van der Waals surface area contributed by atoms with Crippen LogP contribution in [-0.2, 0) is 9.36 Å². The van der Waals surface area contributed by atoms with Crippen LogP contribution in [-0.4, -0.2) is 25.5 Å². The Kier molecular flexibility index (Phi) is 11.4. The zero-order valence-electron chi connectivity index (χ0n) is 16.2. The summed E-state index contributed by atoms with van der Waals surface area (Å²) in [5.41, 5.74) is 3.87. The number of alkyl halides is 1. The number of unbranched alkanes of at least 4 members (excludes halogenated alkanes) is 1. The molecular formula is C19H32ClO5P. The first kappa shape index (κ1) is 25.1. The molecule has 0 aliphatic heterocycles. The second kappa shape index (κ2) is 11.8. The maximum atomic E-state index is 11.3. The maximum absolute atomic E-state index is 11.3. The third-order valence-corrected chi connectivity index (χ3v) is 6.47. The normalized spacial score (nSPS) is 15.5. The molecule has 0 amide bonds. The smallest absolute Gasteiger partial charge is 0.357 e. The largest absolute Gasteiger partial charge is 0.479 e. The zero-order chi connectivity index (χ0) is 20.4. The molecule has 0 aliphatic rings. The number of halogens is 1. The summed E-state index contributed by atoms with van der Waals surface area (Å²) >= 11 is 5.65. The number of hydrogen-bond acceptors (Lipinski definition) is 2. The molecule has 26 heavy (non-hydrogen) atoms. The van der Waals surface area contributed by atoms with Gasteiger partial charge in [-0.1, -0.05) is 46.5 Å². The number of allylic oxidation sites excluding steroid dienone is 6. The molecule has 0 aromatic rings. The van der Waals surface area contributed by atoms with Crippen LogP contribution in [0.4, 0.5) is 0 Å². The zero-order valence-corrected chi connectivity index (χ0v) is 17.8. The van der Waals surface area contributed by atoms with Gasteiger partial charge in [0.2, 0.25) is 4.62 Å². The SMILES string of the molecule is CC(C)=CCC/C(C)=C/CC/C(C)=C/CCCC(Cl)(C(=O)O)P(=O)(O)O. The van der Waals surface area contributed by atoms with E-state index in [-0.39, 0.29) is 6.42 Å². The Morgan fingerprint density at radius 3 is 1.85 bits per heavy atom. The summed E-state index contributed by atoms with van der Waals surface area (Å²) < 4.78 is 8.77. The topological polar surface area (TPSA) is 94.8 Å². The van der Waals surface area contributed by atoms with E-state index in [1.807, 2.05) is 13.0 Å². The summed E-state index contributed by atoms with van der Waals surface area (Å²) in [7, 11) is -4.92. The molecule has 0 rings (SSSR count). The number of rotatable bonds is 12. The van der Waals surface area contributed by atoms with E-state index in [1.165, 1.54) is 16.7 Å². The van der Waals surface area contributed by atoms with Crippen molar-refractivity contribution in [3.8, 4) is 0 Å². The van der Waals surface area contributed by atoms with Crippen LogP contribution in [0.25, 0.3) is 0 Å². The van der Waals surface area contributed by atoms with Crippen LogP contribution in [0, 0.1) is 0 Å². The van der Waals surface area contributed by atoms with Crippen molar-refractivity contribution in [2.45, 2.75) is 77.3 Å². The van der Waals surface area contributed by atoms with E-state index in [4.69, 9.17) is 26.5 Å². The fourth-order valence-electron chi connectivity index (χ4n) is 2.40. The van der Waals surface area contributed by atoms with Crippen LogP contribution < -0.4 is 0 Å². The minimum absolute atomic E-state index is 0.276. The Labute approximate surface area is 162 Å². The van der Waals surface area contributed by atoms with Crippen LogP contribution in [0.3, 0.4) is 0 Å². The van der Waals surface area contributed by atoms with Crippen molar-refractivity contribution in [3.05, 3.63) is 34.9 Å². The van der Waals surface area contributed by atoms with Gasteiger partial charge in [-0.3, -0.25) is 4.57 Å². The fraction of sp³-hybridized carbons (Fsp3) is 0.632. The first-order valence-corrected chi connectivity index (χ1v) is 10.8. The summed E-state index contributed by atoms with van der Waals surface area (Å²) in [4.78, 5) is 29.4. The van der Waals surface area contributed by atoms with Crippen LogP contribution in [0.1, 0.15) is 72.6 Å². The molecule has 0 bridgehead atoms. The summed E-state index contributed by atoms with van der Waals surface area (Å²) in [5, 5.41) is 8.99. The van der Waals surface area contributed by atoms with E-state index in [2.05, 4.69) is 32.9 Å². The molecule has 0 aromatic heterocycles. The van der Waals surface area contributed by atoms with Gasteiger partial charge >= 0.3 is 13.6 Å². The summed E-state index contributed by atoms with van der Waals surface area (Å²) in [6, 6.07) is 0. The fourth-order valence-corrected chi connectivity index (χ4v) is 3.23. The molecule has 0 heterocycles. The molecule has 150 valence electrons. The Balaban J connectivity index is 4.32.